The third kappa shape index (κ3) is 5.19. The van der Waals surface area contributed by atoms with Crippen molar-refractivity contribution in [2.75, 3.05) is 6.54 Å². The lowest BCUT2D eigenvalue weighted by Gasteiger charge is -2.08. The molecule has 0 aliphatic heterocycles. The highest BCUT2D eigenvalue weighted by Crippen LogP contribution is 2.19. The van der Waals surface area contributed by atoms with Gasteiger partial charge in [0.1, 0.15) is 11.7 Å². The summed E-state index contributed by atoms with van der Waals surface area (Å²) in [5.74, 6) is -0.0629. The molecule has 0 atom stereocenters. The standard InChI is InChI=1S/C28H25N5O2/c34-26(17-21-11-13-24(14-12-21)23-9-5-2-6-10-23)29-15-16-33-27-25(18-31-33)28(35)32(20-30-27)19-22-7-3-1-4-8-22/h1-14,18,20H,15-17,19H2,(H,29,34). The highest BCUT2D eigenvalue weighted by Gasteiger charge is 2.11. The number of aromatic nitrogens is 4. The van der Waals surface area contributed by atoms with Gasteiger partial charge in [-0.1, -0.05) is 84.9 Å². The van der Waals surface area contributed by atoms with Crippen LogP contribution < -0.4 is 10.9 Å². The largest absolute Gasteiger partial charge is 0.354 e. The first-order valence-corrected chi connectivity index (χ1v) is 11.5. The lowest BCUT2D eigenvalue weighted by atomic mass is 10.0. The van der Waals surface area contributed by atoms with E-state index < -0.39 is 0 Å². The molecule has 2 aromatic heterocycles. The summed E-state index contributed by atoms with van der Waals surface area (Å²) in [4.78, 5) is 29.7. The van der Waals surface area contributed by atoms with E-state index in [1.807, 2.05) is 72.8 Å². The van der Waals surface area contributed by atoms with Crippen molar-refractivity contribution in [1.29, 1.82) is 0 Å². The summed E-state index contributed by atoms with van der Waals surface area (Å²) < 4.78 is 3.23. The van der Waals surface area contributed by atoms with E-state index in [0.717, 1.165) is 22.3 Å². The highest BCUT2D eigenvalue weighted by atomic mass is 16.1. The molecule has 0 aliphatic carbocycles. The highest BCUT2D eigenvalue weighted by molar-refractivity contribution is 5.79. The van der Waals surface area contributed by atoms with Crippen LogP contribution in [0.2, 0.25) is 0 Å². The summed E-state index contributed by atoms with van der Waals surface area (Å²) in [5, 5.41) is 7.71. The van der Waals surface area contributed by atoms with Crippen LogP contribution in [0.1, 0.15) is 11.1 Å². The van der Waals surface area contributed by atoms with Crippen LogP contribution in [-0.4, -0.2) is 31.8 Å². The van der Waals surface area contributed by atoms with Gasteiger partial charge in [-0.05, 0) is 22.3 Å². The van der Waals surface area contributed by atoms with Crippen molar-refractivity contribution in [3.05, 3.63) is 119 Å². The Bertz CT molecular complexity index is 1490. The van der Waals surface area contributed by atoms with Crippen LogP contribution >= 0.6 is 0 Å². The zero-order valence-electron chi connectivity index (χ0n) is 19.2. The van der Waals surface area contributed by atoms with Gasteiger partial charge in [-0.2, -0.15) is 5.10 Å². The summed E-state index contributed by atoms with van der Waals surface area (Å²) in [6, 6.07) is 27.9. The van der Waals surface area contributed by atoms with Gasteiger partial charge in [0.15, 0.2) is 5.65 Å². The van der Waals surface area contributed by atoms with Crippen LogP contribution in [0.25, 0.3) is 22.2 Å². The van der Waals surface area contributed by atoms with Gasteiger partial charge in [0.25, 0.3) is 5.56 Å². The summed E-state index contributed by atoms with van der Waals surface area (Å²) >= 11 is 0. The molecule has 2 heterocycles. The molecule has 1 N–H and O–H groups in total. The van der Waals surface area contributed by atoms with Gasteiger partial charge in [0, 0.05) is 6.54 Å². The summed E-state index contributed by atoms with van der Waals surface area (Å²) in [6.07, 6.45) is 3.40. The topological polar surface area (TPSA) is 81.8 Å². The lowest BCUT2D eigenvalue weighted by molar-refractivity contribution is -0.120. The smallest absolute Gasteiger partial charge is 0.264 e. The quantitative estimate of drug-likeness (QED) is 0.381. The molecule has 0 unspecified atom stereocenters. The summed E-state index contributed by atoms with van der Waals surface area (Å²) in [7, 11) is 0. The molecule has 0 aliphatic rings. The molecule has 7 nitrogen and oxygen atoms in total. The monoisotopic (exact) mass is 463 g/mol. The van der Waals surface area contributed by atoms with E-state index in [9.17, 15) is 9.59 Å². The van der Waals surface area contributed by atoms with Crippen molar-refractivity contribution in [1.82, 2.24) is 24.6 Å². The Morgan fingerprint density at radius 2 is 1.51 bits per heavy atom. The van der Waals surface area contributed by atoms with E-state index >= 15 is 0 Å². The molecule has 1 amide bonds. The Morgan fingerprint density at radius 1 is 0.829 bits per heavy atom. The average Bonchev–Trinajstić information content (AvgIpc) is 3.31. The lowest BCUT2D eigenvalue weighted by Crippen LogP contribution is -2.29. The van der Waals surface area contributed by atoms with Gasteiger partial charge in [-0.15, -0.1) is 0 Å². The molecule has 0 fully saturated rings. The average molecular weight is 464 g/mol. The van der Waals surface area contributed by atoms with E-state index in [1.54, 1.807) is 21.8 Å². The SMILES string of the molecule is O=C(Cc1ccc(-c2ccccc2)cc1)NCCn1ncc2c(=O)n(Cc3ccccc3)cnc21. The maximum Gasteiger partial charge on any atom is 0.264 e. The normalized spacial score (nSPS) is 11.0. The Balaban J connectivity index is 1.17. The molecule has 174 valence electrons. The van der Waals surface area contributed by atoms with E-state index in [4.69, 9.17) is 0 Å². The first-order valence-electron chi connectivity index (χ1n) is 11.5. The minimum Gasteiger partial charge on any atom is -0.354 e. The van der Waals surface area contributed by atoms with Crippen LogP contribution in [0, 0.1) is 0 Å². The first-order chi connectivity index (χ1) is 17.2. The number of hydrogen-bond acceptors (Lipinski definition) is 4. The summed E-state index contributed by atoms with van der Waals surface area (Å²) in [5.41, 5.74) is 4.64. The zero-order chi connectivity index (χ0) is 24.0. The van der Waals surface area contributed by atoms with Crippen LogP contribution in [0.3, 0.4) is 0 Å². The molecule has 0 saturated heterocycles. The Kier molecular flexibility index (Phi) is 6.48. The molecular formula is C28H25N5O2. The van der Waals surface area contributed by atoms with Crippen molar-refractivity contribution in [2.45, 2.75) is 19.5 Å². The summed E-state index contributed by atoms with van der Waals surface area (Å²) in [6.45, 7) is 1.28. The molecule has 0 spiro atoms. The predicted molar refractivity (Wildman–Crippen MR) is 136 cm³/mol. The molecule has 3 aromatic carbocycles. The first kappa shape index (κ1) is 22.3. The fourth-order valence-corrected chi connectivity index (χ4v) is 4.05. The number of nitrogens with zero attached hydrogens (tertiary/aromatic N) is 4. The van der Waals surface area contributed by atoms with Crippen LogP contribution in [0.15, 0.2) is 102 Å². The van der Waals surface area contributed by atoms with Gasteiger partial charge in [0.05, 0.1) is 25.7 Å². The molecule has 7 heteroatoms. The van der Waals surface area contributed by atoms with Gasteiger partial charge < -0.3 is 5.32 Å². The number of benzene rings is 3. The maximum absolute atomic E-state index is 12.8. The van der Waals surface area contributed by atoms with Crippen LogP contribution in [-0.2, 0) is 24.3 Å². The molecule has 0 bridgehead atoms. The second kappa shape index (κ2) is 10.2. The van der Waals surface area contributed by atoms with E-state index in [0.29, 0.717) is 37.1 Å². The van der Waals surface area contributed by atoms with Gasteiger partial charge in [-0.25, -0.2) is 9.67 Å². The van der Waals surface area contributed by atoms with Crippen molar-refractivity contribution in [2.24, 2.45) is 0 Å². The fraction of sp³-hybridized carbons (Fsp3) is 0.143. The molecule has 5 aromatic rings. The fourth-order valence-electron chi connectivity index (χ4n) is 4.05. The number of rotatable bonds is 8. The Morgan fingerprint density at radius 3 is 2.26 bits per heavy atom. The molecule has 35 heavy (non-hydrogen) atoms. The van der Waals surface area contributed by atoms with Gasteiger partial charge in [-0.3, -0.25) is 14.2 Å². The Hall–Kier alpha value is -4.52. The number of carbonyl (C=O) groups excluding carboxylic acids is 1. The molecular weight excluding hydrogens is 438 g/mol. The number of nitrogens with one attached hydrogen (secondary N) is 1. The molecule has 0 radical (unpaired) electrons. The van der Waals surface area contributed by atoms with Crippen molar-refractivity contribution >= 4 is 16.9 Å². The second-order valence-corrected chi connectivity index (χ2v) is 8.36. The van der Waals surface area contributed by atoms with Crippen molar-refractivity contribution in [3.8, 4) is 11.1 Å². The van der Waals surface area contributed by atoms with E-state index in [1.165, 1.54) is 0 Å². The number of carbonyl (C=O) groups is 1. The van der Waals surface area contributed by atoms with Gasteiger partial charge >= 0.3 is 0 Å². The number of hydrogen-bond donors (Lipinski definition) is 1. The van der Waals surface area contributed by atoms with Crippen molar-refractivity contribution < 1.29 is 4.79 Å². The van der Waals surface area contributed by atoms with Crippen LogP contribution in [0.4, 0.5) is 0 Å². The number of amides is 1. The van der Waals surface area contributed by atoms with Crippen molar-refractivity contribution in [3.63, 3.8) is 0 Å². The second-order valence-electron chi connectivity index (χ2n) is 8.36. The molecule has 0 saturated carbocycles. The third-order valence-electron chi connectivity index (χ3n) is 5.89. The minimum absolute atomic E-state index is 0.0629. The molecule has 5 rings (SSSR count). The van der Waals surface area contributed by atoms with E-state index in [2.05, 4.69) is 27.5 Å². The third-order valence-corrected chi connectivity index (χ3v) is 5.89. The predicted octanol–water partition coefficient (Wildman–Crippen LogP) is 3.67. The Labute approximate surface area is 202 Å². The minimum atomic E-state index is -0.131. The zero-order valence-corrected chi connectivity index (χ0v) is 19.2. The van der Waals surface area contributed by atoms with Crippen LogP contribution in [0.5, 0.6) is 0 Å². The van der Waals surface area contributed by atoms with E-state index in [-0.39, 0.29) is 11.5 Å². The maximum atomic E-state index is 12.8. The van der Waals surface area contributed by atoms with Gasteiger partial charge in [0.2, 0.25) is 5.91 Å². The number of fused-ring (bicyclic) bond motifs is 1.